The second-order valence-electron chi connectivity index (χ2n) is 9.82. The quantitative estimate of drug-likeness (QED) is 0.273. The smallest absolute Gasteiger partial charge is 0.136 e. The van der Waals surface area contributed by atoms with Crippen LogP contribution in [-0.4, -0.2) is 4.98 Å². The lowest BCUT2D eigenvalue weighted by atomic mass is 9.88. The van der Waals surface area contributed by atoms with Gasteiger partial charge in [-0.2, -0.15) is 0 Å². The highest BCUT2D eigenvalue weighted by Gasteiger charge is 2.14. The van der Waals surface area contributed by atoms with Crippen molar-refractivity contribution >= 4 is 32.7 Å². The average molecular weight is 444 g/mol. The molecule has 166 valence electrons. The second kappa shape index (κ2) is 7.85. The van der Waals surface area contributed by atoms with Crippen LogP contribution in [0.5, 0.6) is 0 Å². The lowest BCUT2D eigenvalue weighted by molar-refractivity contribution is 0.411. The van der Waals surface area contributed by atoms with Gasteiger partial charge in [-0.1, -0.05) is 81.4 Å². The first-order valence-electron chi connectivity index (χ1n) is 12.6. The monoisotopic (exact) mass is 443 g/mol. The number of nitrogens with zero attached hydrogens (tertiary/aromatic N) is 1. The van der Waals surface area contributed by atoms with Crippen LogP contribution in [0.3, 0.4) is 0 Å². The van der Waals surface area contributed by atoms with Gasteiger partial charge in [0.15, 0.2) is 0 Å². The molecular weight excluding hydrogens is 414 g/mol. The highest BCUT2D eigenvalue weighted by molar-refractivity contribution is 6.20. The fourth-order valence-corrected chi connectivity index (χ4v) is 4.78. The topological polar surface area (TPSA) is 26.0 Å². The van der Waals surface area contributed by atoms with Gasteiger partial charge in [-0.05, 0) is 69.6 Å². The van der Waals surface area contributed by atoms with E-state index in [9.17, 15) is 0 Å². The number of pyridine rings is 1. The van der Waals surface area contributed by atoms with Crippen LogP contribution in [0.4, 0.5) is 0 Å². The van der Waals surface area contributed by atoms with Crippen molar-refractivity contribution in [3.8, 4) is 22.4 Å². The molecule has 34 heavy (non-hydrogen) atoms. The van der Waals surface area contributed by atoms with Gasteiger partial charge in [0.25, 0.3) is 0 Å². The Labute approximate surface area is 202 Å². The van der Waals surface area contributed by atoms with Gasteiger partial charge in [0, 0.05) is 25.3 Å². The molecular formula is C32H27NO. The maximum atomic E-state index is 8.69. The highest BCUT2D eigenvalue weighted by Crippen LogP contribution is 2.38. The number of furan rings is 1. The third kappa shape index (κ3) is 3.66. The Bertz CT molecular complexity index is 1760. The van der Waals surface area contributed by atoms with Crippen molar-refractivity contribution in [2.75, 3.05) is 0 Å². The Balaban J connectivity index is 1.50. The van der Waals surface area contributed by atoms with Crippen molar-refractivity contribution in [3.63, 3.8) is 0 Å². The van der Waals surface area contributed by atoms with Crippen LogP contribution in [-0.2, 0) is 6.37 Å². The SMILES string of the molecule is [2H]C([2H])(c1ccnc(-c2cccc(-c3cccc4c3ccc3oc5ccccc5c34)c2)c1)C(C)(C)C. The van der Waals surface area contributed by atoms with Gasteiger partial charge in [0.1, 0.15) is 11.2 Å². The zero-order chi connectivity index (χ0) is 25.1. The molecule has 0 aliphatic carbocycles. The molecule has 0 amide bonds. The van der Waals surface area contributed by atoms with Crippen molar-refractivity contribution in [1.29, 1.82) is 0 Å². The summed E-state index contributed by atoms with van der Waals surface area (Å²) in [6, 6.07) is 30.8. The maximum Gasteiger partial charge on any atom is 0.136 e. The maximum absolute atomic E-state index is 8.69. The predicted molar refractivity (Wildman–Crippen MR) is 143 cm³/mol. The Hall–Kier alpha value is -3.91. The summed E-state index contributed by atoms with van der Waals surface area (Å²) in [5.41, 5.74) is 5.87. The standard InChI is InChI=1S/C32H27NO/c1-32(2,3)20-21-16-17-33-28(18-21)23-9-6-8-22(19-23)24-11-7-12-26-25(24)14-15-30-31(26)27-10-4-5-13-29(27)34-30/h4-19H,20H2,1-3H3/i20D2. The lowest BCUT2D eigenvalue weighted by Crippen LogP contribution is -2.09. The molecule has 0 bridgehead atoms. The van der Waals surface area contributed by atoms with Gasteiger partial charge in [0.05, 0.1) is 5.69 Å². The van der Waals surface area contributed by atoms with E-state index in [1.807, 2.05) is 57.2 Å². The average Bonchev–Trinajstić information content (AvgIpc) is 3.27. The summed E-state index contributed by atoms with van der Waals surface area (Å²) in [4.78, 5) is 4.59. The number of para-hydroxylation sites is 1. The molecule has 2 heterocycles. The number of fused-ring (bicyclic) bond motifs is 5. The molecule has 6 rings (SSSR count). The van der Waals surface area contributed by atoms with Crippen LogP contribution >= 0.6 is 0 Å². The molecule has 0 atom stereocenters. The van der Waals surface area contributed by atoms with Gasteiger partial charge in [-0.25, -0.2) is 0 Å². The van der Waals surface area contributed by atoms with Gasteiger partial charge in [-0.3, -0.25) is 4.98 Å². The summed E-state index contributed by atoms with van der Waals surface area (Å²) in [6.07, 6.45) is 0.232. The number of rotatable bonds is 3. The molecule has 2 heteroatoms. The van der Waals surface area contributed by atoms with Crippen molar-refractivity contribution in [2.24, 2.45) is 5.41 Å². The first-order valence-corrected chi connectivity index (χ1v) is 11.6. The van der Waals surface area contributed by atoms with Gasteiger partial charge in [-0.15, -0.1) is 0 Å². The molecule has 2 aromatic heterocycles. The molecule has 6 aromatic rings. The molecule has 0 N–H and O–H groups in total. The normalized spacial score (nSPS) is 13.4. The first-order chi connectivity index (χ1) is 17.2. The van der Waals surface area contributed by atoms with E-state index in [2.05, 4.69) is 53.5 Å². The molecule has 0 spiro atoms. The molecule has 0 unspecified atom stereocenters. The van der Waals surface area contributed by atoms with E-state index in [1.165, 1.54) is 10.8 Å². The molecule has 0 aliphatic heterocycles. The van der Waals surface area contributed by atoms with Crippen LogP contribution in [0.2, 0.25) is 0 Å². The molecule has 0 saturated heterocycles. The fourth-order valence-electron chi connectivity index (χ4n) is 4.78. The molecule has 0 aliphatic rings. The molecule has 0 fully saturated rings. The van der Waals surface area contributed by atoms with E-state index >= 15 is 0 Å². The third-order valence-corrected chi connectivity index (χ3v) is 6.15. The van der Waals surface area contributed by atoms with Crippen LogP contribution in [0.15, 0.2) is 102 Å². The van der Waals surface area contributed by atoms with Gasteiger partial charge < -0.3 is 4.42 Å². The van der Waals surface area contributed by atoms with E-state index in [-0.39, 0.29) is 0 Å². The minimum atomic E-state index is -1.48. The van der Waals surface area contributed by atoms with Crippen molar-refractivity contribution < 1.29 is 7.16 Å². The molecule has 4 aromatic carbocycles. The van der Waals surface area contributed by atoms with E-state index < -0.39 is 11.8 Å². The minimum absolute atomic E-state index is 0.529. The zero-order valence-corrected chi connectivity index (χ0v) is 19.6. The Morgan fingerprint density at radius 2 is 1.53 bits per heavy atom. The van der Waals surface area contributed by atoms with Crippen molar-refractivity contribution in [1.82, 2.24) is 4.98 Å². The summed E-state index contributed by atoms with van der Waals surface area (Å²) in [5.74, 6) is 0. The number of aromatic nitrogens is 1. The first kappa shape index (κ1) is 18.5. The molecule has 0 saturated carbocycles. The highest BCUT2D eigenvalue weighted by atomic mass is 16.3. The number of hydrogen-bond donors (Lipinski definition) is 0. The Morgan fingerprint density at radius 1 is 0.735 bits per heavy atom. The van der Waals surface area contributed by atoms with Crippen LogP contribution in [0, 0.1) is 5.41 Å². The largest absolute Gasteiger partial charge is 0.456 e. The second-order valence-corrected chi connectivity index (χ2v) is 9.82. The van der Waals surface area contributed by atoms with E-state index in [0.29, 0.717) is 5.56 Å². The van der Waals surface area contributed by atoms with Crippen molar-refractivity contribution in [2.45, 2.75) is 27.1 Å². The molecule has 0 radical (unpaired) electrons. The predicted octanol–water partition coefficient (Wildman–Crippen LogP) is 9.06. The summed E-state index contributed by atoms with van der Waals surface area (Å²) < 4.78 is 23.5. The summed E-state index contributed by atoms with van der Waals surface area (Å²) in [5, 5.41) is 4.59. The van der Waals surface area contributed by atoms with E-state index in [4.69, 9.17) is 7.16 Å². The fraction of sp³-hybridized carbons (Fsp3) is 0.156. The lowest BCUT2D eigenvalue weighted by Gasteiger charge is -2.18. The van der Waals surface area contributed by atoms with Gasteiger partial charge >= 0.3 is 0 Å². The van der Waals surface area contributed by atoms with E-state index in [0.717, 1.165) is 44.3 Å². The summed E-state index contributed by atoms with van der Waals surface area (Å²) in [6.45, 7) is 5.78. The summed E-state index contributed by atoms with van der Waals surface area (Å²) in [7, 11) is 0. The zero-order valence-electron chi connectivity index (χ0n) is 21.6. The third-order valence-electron chi connectivity index (χ3n) is 6.15. The summed E-state index contributed by atoms with van der Waals surface area (Å²) >= 11 is 0. The Kier molecular flexibility index (Phi) is 4.27. The van der Waals surface area contributed by atoms with Crippen molar-refractivity contribution in [3.05, 3.63) is 103 Å². The van der Waals surface area contributed by atoms with Gasteiger partial charge in [0.2, 0.25) is 0 Å². The number of hydrogen-bond acceptors (Lipinski definition) is 2. The van der Waals surface area contributed by atoms with Crippen LogP contribution in [0.1, 0.15) is 29.1 Å². The van der Waals surface area contributed by atoms with Crippen LogP contribution in [0.25, 0.3) is 55.1 Å². The van der Waals surface area contributed by atoms with E-state index in [1.54, 1.807) is 12.3 Å². The molecule has 2 nitrogen and oxygen atoms in total. The Morgan fingerprint density at radius 3 is 2.41 bits per heavy atom. The number of benzene rings is 4. The minimum Gasteiger partial charge on any atom is -0.456 e. The van der Waals surface area contributed by atoms with Crippen LogP contribution < -0.4 is 0 Å².